The van der Waals surface area contributed by atoms with Gasteiger partial charge in [-0.3, -0.25) is 9.36 Å². The van der Waals surface area contributed by atoms with Crippen molar-refractivity contribution in [2.24, 2.45) is 5.73 Å². The van der Waals surface area contributed by atoms with Gasteiger partial charge in [0.2, 0.25) is 0 Å². The molecule has 7 nitrogen and oxygen atoms in total. The number of nitrogens with zero attached hydrogens (tertiary/aromatic N) is 3. The van der Waals surface area contributed by atoms with Crippen molar-refractivity contribution in [1.82, 2.24) is 14.5 Å². The van der Waals surface area contributed by atoms with E-state index in [9.17, 15) is 4.79 Å². The number of nitrogens with two attached hydrogens (primary N) is 1. The predicted molar refractivity (Wildman–Crippen MR) is 153 cm³/mol. The van der Waals surface area contributed by atoms with Crippen LogP contribution in [0.25, 0.3) is 11.1 Å². The van der Waals surface area contributed by atoms with E-state index in [0.29, 0.717) is 33.9 Å². The lowest BCUT2D eigenvalue weighted by Crippen LogP contribution is -2.41. The molecular formula is C28H32Cl2N4O3S. The maximum Gasteiger partial charge on any atom is 0.262 e. The average molecular weight is 576 g/mol. The Morgan fingerprint density at radius 1 is 1.21 bits per heavy atom. The fraction of sp³-hybridized carbons (Fsp3) is 0.429. The van der Waals surface area contributed by atoms with Gasteiger partial charge in [0.05, 0.1) is 21.8 Å². The molecule has 2 aliphatic rings. The molecule has 0 saturated carbocycles. The molecule has 1 aromatic carbocycles. The number of rotatable bonds is 8. The standard InChI is InChI=1S/C28H32Cl2N4O3S/c1-16(2)33-11-9-19(10-12-33)37-23-6-4-5-20(26(23)30)17(3)36-24-14-25(38-27(24)28(31)35)34-15-32-21-13-18(29)7-8-22(21)34/h4-8,14-19H,9-13H2,1-3H3,(H2,31,35). The number of likely N-dealkylation sites (tertiary alicyclic amines) is 1. The Balaban J connectivity index is 1.34. The van der Waals surface area contributed by atoms with E-state index in [1.54, 1.807) is 6.33 Å². The lowest BCUT2D eigenvalue weighted by atomic mass is 10.1. The first-order valence-electron chi connectivity index (χ1n) is 12.9. The number of primary amides is 1. The summed E-state index contributed by atoms with van der Waals surface area (Å²) < 4.78 is 14.5. The summed E-state index contributed by atoms with van der Waals surface area (Å²) in [4.78, 5) is 19.6. The van der Waals surface area contributed by atoms with Gasteiger partial charge in [-0.2, -0.15) is 0 Å². The van der Waals surface area contributed by atoms with Crippen LogP contribution in [-0.2, 0) is 6.42 Å². The predicted octanol–water partition coefficient (Wildman–Crippen LogP) is 6.25. The van der Waals surface area contributed by atoms with Crippen molar-refractivity contribution >= 4 is 46.5 Å². The highest BCUT2D eigenvalue weighted by molar-refractivity contribution is 7.16. The summed E-state index contributed by atoms with van der Waals surface area (Å²) in [5, 5.41) is 1.22. The second-order valence-electron chi connectivity index (χ2n) is 10.0. The highest BCUT2D eigenvalue weighted by Gasteiger charge is 2.26. The summed E-state index contributed by atoms with van der Waals surface area (Å²) in [6.45, 7) is 8.37. The number of carbonyl (C=O) groups is 1. The number of ether oxygens (including phenoxy) is 2. The van der Waals surface area contributed by atoms with Gasteiger partial charge in [-0.25, -0.2) is 4.98 Å². The first-order chi connectivity index (χ1) is 18.2. The van der Waals surface area contributed by atoms with E-state index in [0.717, 1.165) is 47.9 Å². The van der Waals surface area contributed by atoms with Crippen LogP contribution in [0, 0.1) is 0 Å². The molecule has 0 bridgehead atoms. The highest BCUT2D eigenvalue weighted by Crippen LogP contribution is 2.39. The minimum absolute atomic E-state index is 0.0764. The SMILES string of the molecule is CC(Oc1cc(-n2cnc3c2C=CC(Cl)C3)sc1C(N)=O)c1cccc(OC2CCN(C(C)C)CC2)c1Cl. The Bertz CT molecular complexity index is 1340. The number of amides is 1. The Labute approximate surface area is 237 Å². The summed E-state index contributed by atoms with van der Waals surface area (Å²) in [5.74, 6) is 0.508. The number of allylic oxidation sites excluding steroid dienone is 1. The van der Waals surface area contributed by atoms with Gasteiger partial charge in [0, 0.05) is 37.2 Å². The Hall–Kier alpha value is -2.52. The zero-order valence-electron chi connectivity index (χ0n) is 21.7. The molecule has 0 spiro atoms. The molecule has 1 saturated heterocycles. The molecule has 202 valence electrons. The molecule has 0 radical (unpaired) electrons. The second kappa shape index (κ2) is 11.3. The summed E-state index contributed by atoms with van der Waals surface area (Å²) >= 11 is 14.3. The number of aromatic nitrogens is 2. The maximum atomic E-state index is 12.3. The van der Waals surface area contributed by atoms with Crippen LogP contribution in [-0.4, -0.2) is 51.0 Å². The molecule has 2 N–H and O–H groups in total. The lowest BCUT2D eigenvalue weighted by molar-refractivity contribution is 0.0841. The van der Waals surface area contributed by atoms with Crippen molar-refractivity contribution in [3.63, 3.8) is 0 Å². The van der Waals surface area contributed by atoms with E-state index in [-0.39, 0.29) is 11.5 Å². The monoisotopic (exact) mass is 574 g/mol. The first-order valence-corrected chi connectivity index (χ1v) is 14.5. The van der Waals surface area contributed by atoms with Gasteiger partial charge < -0.3 is 20.1 Å². The third-order valence-electron chi connectivity index (χ3n) is 7.12. The first kappa shape index (κ1) is 27.1. The number of hydrogen-bond donors (Lipinski definition) is 1. The highest BCUT2D eigenvalue weighted by atomic mass is 35.5. The molecule has 38 heavy (non-hydrogen) atoms. The second-order valence-corrected chi connectivity index (χ2v) is 12.0. The number of hydrogen-bond acceptors (Lipinski definition) is 6. The number of piperidine rings is 1. The Kier molecular flexibility index (Phi) is 8.05. The number of carbonyl (C=O) groups excluding carboxylic acids is 1. The van der Waals surface area contributed by atoms with Crippen LogP contribution in [0.5, 0.6) is 11.5 Å². The molecule has 1 amide bonds. The van der Waals surface area contributed by atoms with E-state index in [1.165, 1.54) is 11.3 Å². The van der Waals surface area contributed by atoms with Crippen LogP contribution in [0.3, 0.4) is 0 Å². The van der Waals surface area contributed by atoms with Gasteiger partial charge in [0.25, 0.3) is 5.91 Å². The smallest absolute Gasteiger partial charge is 0.262 e. The van der Waals surface area contributed by atoms with Gasteiger partial charge >= 0.3 is 0 Å². The molecule has 1 fully saturated rings. The number of fused-ring (bicyclic) bond motifs is 1. The van der Waals surface area contributed by atoms with E-state index < -0.39 is 12.0 Å². The van der Waals surface area contributed by atoms with E-state index in [4.69, 9.17) is 38.4 Å². The Morgan fingerprint density at radius 3 is 2.68 bits per heavy atom. The largest absolute Gasteiger partial charge is 0.489 e. The topological polar surface area (TPSA) is 82.6 Å². The van der Waals surface area contributed by atoms with Crippen LogP contribution in [0.2, 0.25) is 5.02 Å². The molecule has 5 rings (SSSR count). The minimum Gasteiger partial charge on any atom is -0.489 e. The van der Waals surface area contributed by atoms with E-state index in [2.05, 4.69) is 23.7 Å². The number of alkyl halides is 1. The third kappa shape index (κ3) is 5.59. The molecule has 2 atom stereocenters. The fourth-order valence-electron chi connectivity index (χ4n) is 4.97. The van der Waals surface area contributed by atoms with Crippen LogP contribution < -0.4 is 15.2 Å². The van der Waals surface area contributed by atoms with E-state index >= 15 is 0 Å². The third-order valence-corrected chi connectivity index (χ3v) is 8.95. The number of halogens is 2. The molecule has 1 aliphatic carbocycles. The number of imidazole rings is 1. The molecule has 3 aromatic rings. The molecular weight excluding hydrogens is 543 g/mol. The van der Waals surface area contributed by atoms with Crippen molar-refractivity contribution in [2.75, 3.05) is 13.1 Å². The molecule has 1 aliphatic heterocycles. The van der Waals surface area contributed by atoms with Crippen LogP contribution in [0.4, 0.5) is 0 Å². The summed E-state index contributed by atoms with van der Waals surface area (Å²) in [6, 6.07) is 8.09. The van der Waals surface area contributed by atoms with Crippen molar-refractivity contribution in [2.45, 2.75) is 63.7 Å². The van der Waals surface area contributed by atoms with Crippen molar-refractivity contribution in [1.29, 1.82) is 0 Å². The van der Waals surface area contributed by atoms with Crippen molar-refractivity contribution in [3.05, 3.63) is 63.5 Å². The number of thiophene rings is 1. The maximum absolute atomic E-state index is 12.3. The molecule has 3 heterocycles. The molecule has 10 heteroatoms. The summed E-state index contributed by atoms with van der Waals surface area (Å²) in [6.07, 6.45) is 7.89. The van der Waals surface area contributed by atoms with Crippen molar-refractivity contribution < 1.29 is 14.3 Å². The molecule has 2 aromatic heterocycles. The van der Waals surface area contributed by atoms with Gasteiger partial charge in [-0.05, 0) is 45.8 Å². The minimum atomic E-state index is -0.551. The van der Waals surface area contributed by atoms with Crippen LogP contribution in [0.1, 0.15) is 66.3 Å². The summed E-state index contributed by atoms with van der Waals surface area (Å²) in [5.41, 5.74) is 8.35. The lowest BCUT2D eigenvalue weighted by Gasteiger charge is -2.34. The quantitative estimate of drug-likeness (QED) is 0.321. The van der Waals surface area contributed by atoms with Crippen LogP contribution in [0.15, 0.2) is 36.7 Å². The number of benzene rings is 1. The van der Waals surface area contributed by atoms with Gasteiger partial charge in [-0.1, -0.05) is 29.8 Å². The van der Waals surface area contributed by atoms with Crippen LogP contribution >= 0.6 is 34.5 Å². The zero-order valence-corrected chi connectivity index (χ0v) is 24.0. The fourth-order valence-corrected chi connectivity index (χ4v) is 6.44. The van der Waals surface area contributed by atoms with Gasteiger partial charge in [-0.15, -0.1) is 22.9 Å². The molecule has 2 unspecified atom stereocenters. The van der Waals surface area contributed by atoms with E-state index in [1.807, 2.05) is 47.9 Å². The zero-order chi connectivity index (χ0) is 27.0. The van der Waals surface area contributed by atoms with Gasteiger partial charge in [0.1, 0.15) is 39.9 Å². The van der Waals surface area contributed by atoms with Gasteiger partial charge in [0.15, 0.2) is 0 Å². The average Bonchev–Trinajstić information content (AvgIpc) is 3.49. The van der Waals surface area contributed by atoms with Crippen molar-refractivity contribution in [3.8, 4) is 16.5 Å². The Morgan fingerprint density at radius 2 is 1.97 bits per heavy atom. The summed E-state index contributed by atoms with van der Waals surface area (Å²) in [7, 11) is 0. The normalized spacial score (nSPS) is 18.9.